The van der Waals surface area contributed by atoms with Crippen molar-refractivity contribution in [2.24, 2.45) is 17.8 Å². The Bertz CT molecular complexity index is 1100. The Balaban J connectivity index is 1.09. The van der Waals surface area contributed by atoms with Gasteiger partial charge in [-0.1, -0.05) is 19.3 Å². The van der Waals surface area contributed by atoms with Crippen LogP contribution in [0.15, 0.2) is 41.5 Å². The highest BCUT2D eigenvalue weighted by Gasteiger charge is 2.47. The molecule has 3 atom stereocenters. The summed E-state index contributed by atoms with van der Waals surface area (Å²) in [6.45, 7) is 1.04. The number of fused-ring (bicyclic) bond motifs is 2. The van der Waals surface area contributed by atoms with Gasteiger partial charge >= 0.3 is 0 Å². The molecule has 7 nitrogen and oxygen atoms in total. The van der Waals surface area contributed by atoms with Crippen molar-refractivity contribution in [2.45, 2.75) is 51.4 Å². The molecule has 2 unspecified atom stereocenters. The lowest BCUT2D eigenvalue weighted by Crippen LogP contribution is -2.15. The highest BCUT2D eigenvalue weighted by atomic mass is 16.5. The van der Waals surface area contributed by atoms with Gasteiger partial charge < -0.3 is 15.0 Å². The second-order valence-corrected chi connectivity index (χ2v) is 9.14. The molecule has 32 heavy (non-hydrogen) atoms. The third kappa shape index (κ3) is 5.09. The number of hydrogen-bond acceptors (Lipinski definition) is 6. The maximum absolute atomic E-state index is 12.5. The third-order valence-corrected chi connectivity index (χ3v) is 6.93. The van der Waals surface area contributed by atoms with Crippen LogP contribution in [-0.2, 0) is 6.42 Å². The maximum atomic E-state index is 12.5. The molecule has 168 valence electrons. The van der Waals surface area contributed by atoms with E-state index in [2.05, 4.69) is 25.3 Å². The van der Waals surface area contributed by atoms with Crippen LogP contribution in [-0.4, -0.2) is 33.1 Å². The predicted molar refractivity (Wildman–Crippen MR) is 125 cm³/mol. The Morgan fingerprint density at radius 3 is 2.84 bits per heavy atom. The van der Waals surface area contributed by atoms with Crippen LogP contribution in [0.5, 0.6) is 5.75 Å². The number of ether oxygens (including phenoxy) is 1. The third-order valence-electron chi connectivity index (χ3n) is 6.93. The fourth-order valence-corrected chi connectivity index (χ4v) is 5.14. The number of aryl methyl sites for hydroxylation is 1. The van der Waals surface area contributed by atoms with Crippen LogP contribution in [0.25, 0.3) is 11.0 Å². The van der Waals surface area contributed by atoms with E-state index in [0.717, 1.165) is 36.1 Å². The Labute approximate surface area is 188 Å². The minimum Gasteiger partial charge on any atom is -0.492 e. The van der Waals surface area contributed by atoms with Crippen molar-refractivity contribution >= 4 is 17.0 Å². The van der Waals surface area contributed by atoms with E-state index in [0.29, 0.717) is 36.1 Å². The van der Waals surface area contributed by atoms with E-state index < -0.39 is 0 Å². The highest BCUT2D eigenvalue weighted by Crippen LogP contribution is 2.56. The highest BCUT2D eigenvalue weighted by molar-refractivity contribution is 5.75. The molecule has 5 rings (SSSR count). The zero-order valence-corrected chi connectivity index (χ0v) is 18.4. The van der Waals surface area contributed by atoms with E-state index >= 15 is 0 Å². The number of hydrogen-bond donors (Lipinski definition) is 2. The number of nitrogens with zero attached hydrogens (tertiary/aromatic N) is 3. The number of anilines is 1. The zero-order chi connectivity index (χ0) is 21.8. The second kappa shape index (κ2) is 9.67. The average Bonchev–Trinajstić information content (AvgIpc) is 3.49. The molecule has 2 saturated carbocycles. The quantitative estimate of drug-likeness (QED) is 0.437. The topological polar surface area (TPSA) is 92.8 Å². The number of H-pyrrole nitrogens is 1. The smallest absolute Gasteiger partial charge is 0.270 e. The normalized spacial score (nSPS) is 21.4. The monoisotopic (exact) mass is 433 g/mol. The molecule has 2 fully saturated rings. The number of unbranched alkanes of at least 4 members (excludes halogenated alkanes) is 2. The van der Waals surface area contributed by atoms with Gasteiger partial charge in [0.25, 0.3) is 5.56 Å². The van der Waals surface area contributed by atoms with Crippen LogP contribution in [0.1, 0.15) is 50.6 Å². The summed E-state index contributed by atoms with van der Waals surface area (Å²) < 4.78 is 5.78. The summed E-state index contributed by atoms with van der Waals surface area (Å²) >= 11 is 0. The first kappa shape index (κ1) is 20.9. The van der Waals surface area contributed by atoms with Gasteiger partial charge in [0.05, 0.1) is 17.6 Å². The number of rotatable bonds is 11. The molecule has 2 aliphatic carbocycles. The molecule has 2 heterocycles. The first-order valence-electron chi connectivity index (χ1n) is 11.9. The fraction of sp³-hybridized carbons (Fsp3) is 0.520. The van der Waals surface area contributed by atoms with E-state index in [4.69, 9.17) is 4.74 Å². The molecule has 0 aliphatic heterocycles. The van der Waals surface area contributed by atoms with Crippen LogP contribution in [0.2, 0.25) is 0 Å². The summed E-state index contributed by atoms with van der Waals surface area (Å²) in [6, 6.07) is 7.41. The molecule has 0 radical (unpaired) electrons. The minimum absolute atomic E-state index is 0.0887. The van der Waals surface area contributed by atoms with E-state index in [1.807, 2.05) is 18.2 Å². The Morgan fingerprint density at radius 1 is 1.12 bits per heavy atom. The van der Waals surface area contributed by atoms with E-state index in [-0.39, 0.29) is 5.56 Å². The molecule has 2 aliphatic rings. The van der Waals surface area contributed by atoms with Gasteiger partial charge in [0, 0.05) is 18.5 Å². The van der Waals surface area contributed by atoms with Gasteiger partial charge in [0.1, 0.15) is 18.1 Å². The molecule has 3 aromatic rings. The fourth-order valence-electron chi connectivity index (χ4n) is 5.14. The van der Waals surface area contributed by atoms with Crippen LogP contribution >= 0.6 is 0 Å². The van der Waals surface area contributed by atoms with Crippen molar-refractivity contribution < 1.29 is 4.74 Å². The molecular weight excluding hydrogens is 402 g/mol. The van der Waals surface area contributed by atoms with Gasteiger partial charge in [0.2, 0.25) is 5.95 Å². The number of benzene rings is 1. The molecule has 0 bridgehead atoms. The Hall–Kier alpha value is -2.96. The lowest BCUT2D eigenvalue weighted by atomic mass is 9.96. The summed E-state index contributed by atoms with van der Waals surface area (Å²) in [6.07, 6.45) is 13.4. The average molecular weight is 434 g/mol. The molecule has 0 amide bonds. The van der Waals surface area contributed by atoms with Gasteiger partial charge in [-0.3, -0.25) is 4.79 Å². The number of aromatic amines is 1. The molecule has 1 aromatic carbocycles. The molecule has 0 spiro atoms. The Kier molecular flexibility index (Phi) is 6.32. The number of aromatic nitrogens is 4. The zero-order valence-electron chi connectivity index (χ0n) is 18.4. The van der Waals surface area contributed by atoms with E-state index in [1.165, 1.54) is 38.5 Å². The minimum atomic E-state index is -0.0887. The molecule has 0 saturated heterocycles. The van der Waals surface area contributed by atoms with Crippen molar-refractivity contribution in [1.29, 1.82) is 0 Å². The summed E-state index contributed by atoms with van der Waals surface area (Å²) in [7, 11) is 0. The van der Waals surface area contributed by atoms with E-state index in [1.54, 1.807) is 18.5 Å². The van der Waals surface area contributed by atoms with Crippen molar-refractivity contribution in [1.82, 2.24) is 19.9 Å². The van der Waals surface area contributed by atoms with Crippen molar-refractivity contribution in [3.05, 3.63) is 52.7 Å². The Morgan fingerprint density at radius 2 is 2.03 bits per heavy atom. The van der Waals surface area contributed by atoms with Crippen molar-refractivity contribution in [2.75, 3.05) is 18.5 Å². The second-order valence-electron chi connectivity index (χ2n) is 9.14. The van der Waals surface area contributed by atoms with Crippen molar-refractivity contribution in [3.8, 4) is 5.75 Å². The summed E-state index contributed by atoms with van der Waals surface area (Å²) in [5, 5.41) is 3.10. The summed E-state index contributed by atoms with van der Waals surface area (Å²) in [4.78, 5) is 28.3. The standard InChI is InChI=1S/C25H31N5O2/c31-24-22(6-3-1-2-5-17-7-8-18-15-20(17)18)29-21-10-9-19(16-23(21)30-24)32-14-13-28-25-26-11-4-12-27-25/h4,9-12,16-18,20H,1-3,5-8,13-15H2,(H,30,31)(H,26,27,28)/t17-,18?,20?/m0/s1. The lowest BCUT2D eigenvalue weighted by molar-refractivity contribution is 0.333. The van der Waals surface area contributed by atoms with Gasteiger partial charge in [0.15, 0.2) is 0 Å². The SMILES string of the molecule is O=c1[nH]c2cc(OCCNc3ncccn3)ccc2nc1CCCCC[C@H]1CCC2CC21. The largest absolute Gasteiger partial charge is 0.492 e. The van der Waals surface area contributed by atoms with Crippen LogP contribution in [0.4, 0.5) is 5.95 Å². The van der Waals surface area contributed by atoms with E-state index in [9.17, 15) is 4.79 Å². The molecular formula is C25H31N5O2. The molecule has 2 N–H and O–H groups in total. The predicted octanol–water partition coefficient (Wildman–Crippen LogP) is 4.35. The summed E-state index contributed by atoms with van der Waals surface area (Å²) in [5.74, 6) is 4.39. The molecule has 7 heteroatoms. The van der Waals surface area contributed by atoms with Gasteiger partial charge in [-0.15, -0.1) is 0 Å². The summed E-state index contributed by atoms with van der Waals surface area (Å²) in [5.41, 5.74) is 2.06. The van der Waals surface area contributed by atoms with Gasteiger partial charge in [-0.05, 0) is 68.1 Å². The van der Waals surface area contributed by atoms with Gasteiger partial charge in [-0.25, -0.2) is 15.0 Å². The number of nitrogens with one attached hydrogen (secondary N) is 2. The maximum Gasteiger partial charge on any atom is 0.270 e. The van der Waals surface area contributed by atoms with Crippen molar-refractivity contribution in [3.63, 3.8) is 0 Å². The van der Waals surface area contributed by atoms with Crippen LogP contribution in [0.3, 0.4) is 0 Å². The first-order valence-corrected chi connectivity index (χ1v) is 11.9. The first-order chi connectivity index (χ1) is 15.8. The van der Waals surface area contributed by atoms with Crippen LogP contribution < -0.4 is 15.6 Å². The van der Waals surface area contributed by atoms with Crippen LogP contribution in [0, 0.1) is 17.8 Å². The van der Waals surface area contributed by atoms with Gasteiger partial charge in [-0.2, -0.15) is 0 Å². The molecule has 2 aromatic heterocycles. The lowest BCUT2D eigenvalue weighted by Gasteiger charge is -2.11.